The number of nitrogens with one attached hydrogen (secondary N) is 1. The second kappa shape index (κ2) is 4.67. The minimum absolute atomic E-state index is 0.540. The zero-order valence-corrected chi connectivity index (χ0v) is 10.9. The predicted octanol–water partition coefficient (Wildman–Crippen LogP) is 1.71. The van der Waals surface area contributed by atoms with Gasteiger partial charge in [-0.3, -0.25) is 0 Å². The minimum atomic E-state index is -0.755. The van der Waals surface area contributed by atoms with Crippen LogP contribution in [0.25, 0.3) is 0 Å². The van der Waals surface area contributed by atoms with Gasteiger partial charge in [0.15, 0.2) is 0 Å². The summed E-state index contributed by atoms with van der Waals surface area (Å²) in [6.45, 7) is 8.96. The van der Waals surface area contributed by atoms with E-state index >= 15 is 0 Å². The Morgan fingerprint density at radius 3 is 2.47 bits per heavy atom. The number of hydrogen-bond donors (Lipinski definition) is 2. The van der Waals surface area contributed by atoms with Gasteiger partial charge in [0, 0.05) is 31.4 Å². The van der Waals surface area contributed by atoms with E-state index in [-0.39, 0.29) is 0 Å². The molecule has 0 amide bonds. The number of anilines is 1. The van der Waals surface area contributed by atoms with Crippen molar-refractivity contribution >= 4 is 5.69 Å². The first kappa shape index (κ1) is 12.4. The zero-order valence-electron chi connectivity index (χ0n) is 10.9. The summed E-state index contributed by atoms with van der Waals surface area (Å²) in [7, 11) is 0. The average molecular weight is 234 g/mol. The van der Waals surface area contributed by atoms with E-state index in [1.165, 1.54) is 5.69 Å². The van der Waals surface area contributed by atoms with E-state index in [0.717, 1.165) is 25.2 Å². The lowest BCUT2D eigenvalue weighted by Crippen LogP contribution is -2.49. The summed E-state index contributed by atoms with van der Waals surface area (Å²) < 4.78 is 0. The summed E-state index contributed by atoms with van der Waals surface area (Å²) in [6, 6.07) is 8.78. The zero-order chi connectivity index (χ0) is 12.5. The fourth-order valence-corrected chi connectivity index (χ4v) is 2.25. The van der Waals surface area contributed by atoms with Gasteiger partial charge in [-0.1, -0.05) is 12.1 Å². The molecule has 1 heterocycles. The number of piperazine rings is 1. The van der Waals surface area contributed by atoms with Gasteiger partial charge in [0.2, 0.25) is 0 Å². The van der Waals surface area contributed by atoms with E-state index in [1.54, 1.807) is 0 Å². The van der Waals surface area contributed by atoms with Crippen LogP contribution in [0.3, 0.4) is 0 Å². The monoisotopic (exact) mass is 234 g/mol. The Morgan fingerprint density at radius 2 is 1.94 bits per heavy atom. The maximum absolute atomic E-state index is 9.91. The highest BCUT2D eigenvalue weighted by atomic mass is 16.3. The second-order valence-corrected chi connectivity index (χ2v) is 5.41. The molecular formula is C14H22N2O. The lowest BCUT2D eigenvalue weighted by atomic mass is 9.98. The third kappa shape index (κ3) is 2.99. The van der Waals surface area contributed by atoms with Crippen LogP contribution >= 0.6 is 0 Å². The number of nitrogens with zero attached hydrogens (tertiary/aromatic N) is 1. The molecule has 94 valence electrons. The Hall–Kier alpha value is -1.06. The quantitative estimate of drug-likeness (QED) is 0.818. The van der Waals surface area contributed by atoms with Gasteiger partial charge in [0.1, 0.15) is 0 Å². The van der Waals surface area contributed by atoms with Crippen LogP contribution in [-0.2, 0) is 5.60 Å². The largest absolute Gasteiger partial charge is 0.386 e. The fourth-order valence-electron chi connectivity index (χ4n) is 2.25. The SMILES string of the molecule is C[C@@H]1CN(c2ccc(C(C)(C)O)cc2)CCN1. The molecule has 0 spiro atoms. The summed E-state index contributed by atoms with van der Waals surface area (Å²) in [5.74, 6) is 0. The molecule has 1 fully saturated rings. The lowest BCUT2D eigenvalue weighted by Gasteiger charge is -2.34. The van der Waals surface area contributed by atoms with Gasteiger partial charge in [0.25, 0.3) is 0 Å². The van der Waals surface area contributed by atoms with Crippen LogP contribution in [-0.4, -0.2) is 30.8 Å². The Labute approximate surface area is 103 Å². The number of benzene rings is 1. The van der Waals surface area contributed by atoms with Crippen molar-refractivity contribution in [3.05, 3.63) is 29.8 Å². The molecule has 0 bridgehead atoms. The van der Waals surface area contributed by atoms with E-state index in [9.17, 15) is 5.11 Å². The van der Waals surface area contributed by atoms with Crippen LogP contribution in [0, 0.1) is 0 Å². The molecule has 1 aromatic rings. The molecule has 0 saturated carbocycles. The molecule has 3 heteroatoms. The van der Waals surface area contributed by atoms with Crippen LogP contribution < -0.4 is 10.2 Å². The maximum atomic E-state index is 9.91. The van der Waals surface area contributed by atoms with Gasteiger partial charge in [-0.25, -0.2) is 0 Å². The highest BCUT2D eigenvalue weighted by Crippen LogP contribution is 2.23. The fraction of sp³-hybridized carbons (Fsp3) is 0.571. The lowest BCUT2D eigenvalue weighted by molar-refractivity contribution is 0.0786. The van der Waals surface area contributed by atoms with E-state index in [1.807, 2.05) is 26.0 Å². The van der Waals surface area contributed by atoms with Crippen LogP contribution in [0.4, 0.5) is 5.69 Å². The number of rotatable bonds is 2. The molecule has 0 radical (unpaired) electrons. The van der Waals surface area contributed by atoms with Crippen molar-refractivity contribution in [2.75, 3.05) is 24.5 Å². The van der Waals surface area contributed by atoms with Crippen molar-refractivity contribution in [1.82, 2.24) is 5.32 Å². The van der Waals surface area contributed by atoms with Gasteiger partial charge in [-0.2, -0.15) is 0 Å². The van der Waals surface area contributed by atoms with Crippen LogP contribution in [0.5, 0.6) is 0 Å². The molecule has 1 saturated heterocycles. The molecule has 1 aliphatic heterocycles. The van der Waals surface area contributed by atoms with Crippen LogP contribution in [0.1, 0.15) is 26.3 Å². The van der Waals surface area contributed by atoms with E-state index in [2.05, 4.69) is 29.3 Å². The van der Waals surface area contributed by atoms with Crippen molar-refractivity contribution in [3.8, 4) is 0 Å². The molecule has 0 unspecified atom stereocenters. The van der Waals surface area contributed by atoms with Gasteiger partial charge in [-0.05, 0) is 38.5 Å². The standard InChI is InChI=1S/C14H22N2O/c1-11-10-16(9-8-15-11)13-6-4-12(5-7-13)14(2,3)17/h4-7,11,15,17H,8-10H2,1-3H3/t11-/m1/s1. The summed E-state index contributed by atoms with van der Waals surface area (Å²) >= 11 is 0. The first-order valence-electron chi connectivity index (χ1n) is 6.28. The molecule has 1 atom stereocenters. The molecule has 17 heavy (non-hydrogen) atoms. The molecule has 1 aliphatic rings. The first-order chi connectivity index (χ1) is 7.97. The van der Waals surface area contributed by atoms with Gasteiger partial charge in [0.05, 0.1) is 5.60 Å². The maximum Gasteiger partial charge on any atom is 0.0840 e. The first-order valence-corrected chi connectivity index (χ1v) is 6.28. The van der Waals surface area contributed by atoms with E-state index in [0.29, 0.717) is 6.04 Å². The molecule has 3 nitrogen and oxygen atoms in total. The summed E-state index contributed by atoms with van der Waals surface area (Å²) in [5.41, 5.74) is 1.45. The molecular weight excluding hydrogens is 212 g/mol. The van der Waals surface area contributed by atoms with Crippen molar-refractivity contribution in [2.24, 2.45) is 0 Å². The molecule has 0 aliphatic carbocycles. The van der Waals surface area contributed by atoms with Gasteiger partial charge in [-0.15, -0.1) is 0 Å². The Morgan fingerprint density at radius 1 is 1.29 bits per heavy atom. The Kier molecular flexibility index (Phi) is 3.40. The normalized spacial score (nSPS) is 21.6. The van der Waals surface area contributed by atoms with Crippen molar-refractivity contribution in [3.63, 3.8) is 0 Å². The van der Waals surface area contributed by atoms with Crippen molar-refractivity contribution in [2.45, 2.75) is 32.4 Å². The summed E-state index contributed by atoms with van der Waals surface area (Å²) in [5, 5.41) is 13.3. The van der Waals surface area contributed by atoms with Gasteiger partial charge < -0.3 is 15.3 Å². The predicted molar refractivity (Wildman–Crippen MR) is 71.4 cm³/mol. The van der Waals surface area contributed by atoms with Gasteiger partial charge >= 0.3 is 0 Å². The number of hydrogen-bond acceptors (Lipinski definition) is 3. The summed E-state index contributed by atoms with van der Waals surface area (Å²) in [4.78, 5) is 2.38. The second-order valence-electron chi connectivity index (χ2n) is 5.41. The molecule has 0 aromatic heterocycles. The highest BCUT2D eigenvalue weighted by molar-refractivity contribution is 5.49. The summed E-state index contributed by atoms with van der Waals surface area (Å²) in [6.07, 6.45) is 0. The van der Waals surface area contributed by atoms with Crippen LogP contribution in [0.15, 0.2) is 24.3 Å². The van der Waals surface area contributed by atoms with E-state index < -0.39 is 5.60 Å². The molecule has 1 aromatic carbocycles. The van der Waals surface area contributed by atoms with E-state index in [4.69, 9.17) is 0 Å². The smallest absolute Gasteiger partial charge is 0.0840 e. The third-order valence-corrected chi connectivity index (χ3v) is 3.31. The molecule has 2 N–H and O–H groups in total. The Balaban J connectivity index is 2.12. The average Bonchev–Trinajstić information content (AvgIpc) is 2.28. The minimum Gasteiger partial charge on any atom is -0.386 e. The number of aliphatic hydroxyl groups is 1. The van der Waals surface area contributed by atoms with Crippen molar-refractivity contribution < 1.29 is 5.11 Å². The topological polar surface area (TPSA) is 35.5 Å². The molecule has 2 rings (SSSR count). The van der Waals surface area contributed by atoms with Crippen molar-refractivity contribution in [1.29, 1.82) is 0 Å². The van der Waals surface area contributed by atoms with Crippen LogP contribution in [0.2, 0.25) is 0 Å². The third-order valence-electron chi connectivity index (χ3n) is 3.31. The highest BCUT2D eigenvalue weighted by Gasteiger charge is 2.18. The Bertz CT molecular complexity index is 367.